The molecular weight excluding hydrogens is 322 g/mol. The Morgan fingerprint density at radius 1 is 0.833 bits per heavy atom. The molecule has 0 aromatic heterocycles. The fraction of sp³-hybridized carbons (Fsp3) is 0.875. The van der Waals surface area contributed by atoms with Crippen molar-refractivity contribution in [1.29, 1.82) is 3.91 Å². The Morgan fingerprint density at radius 3 is 0.833 bits per heavy atom. The van der Waals surface area contributed by atoms with Crippen molar-refractivity contribution in [2.45, 2.75) is 20.8 Å². The predicted molar refractivity (Wildman–Crippen MR) is 53.4 cm³/mol. The van der Waals surface area contributed by atoms with Crippen LogP contribution in [0.2, 0.25) is 0 Å². The molecule has 0 radical (unpaired) electrons. The van der Waals surface area contributed by atoms with Crippen LogP contribution < -0.4 is 0 Å². The van der Waals surface area contributed by atoms with Gasteiger partial charge in [-0.2, -0.15) is 49.0 Å². The minimum atomic E-state index is 0.833. The molecule has 4 heteroatoms. The molecule has 3 nitrogen and oxygen atoms in total. The molecular formula is C8H22N3W-3. The van der Waals surface area contributed by atoms with Crippen molar-refractivity contribution in [1.82, 2.24) is 0 Å². The van der Waals surface area contributed by atoms with Crippen molar-refractivity contribution < 1.29 is 19.6 Å². The van der Waals surface area contributed by atoms with Crippen molar-refractivity contribution in [2.24, 2.45) is 0 Å². The molecule has 0 aliphatic carbocycles. The minimum absolute atomic E-state index is 0.833. The van der Waals surface area contributed by atoms with Crippen molar-refractivity contribution >= 4 is 0 Å². The van der Waals surface area contributed by atoms with Gasteiger partial charge < -0.3 is 16.6 Å². The molecule has 0 aliphatic rings. The van der Waals surface area contributed by atoms with E-state index < -0.39 is 0 Å². The van der Waals surface area contributed by atoms with Gasteiger partial charge in [-0.15, -0.1) is 0 Å². The monoisotopic (exact) mass is 344 g/mol. The summed E-state index contributed by atoms with van der Waals surface area (Å²) in [5.74, 6) is 1.42. The van der Waals surface area contributed by atoms with Crippen LogP contribution in [0.25, 0.3) is 10.6 Å². The third-order valence-electron chi connectivity index (χ3n) is 0. The second kappa shape index (κ2) is 42.3. The van der Waals surface area contributed by atoms with Gasteiger partial charge in [-0.3, -0.25) is 0 Å². The SMILES string of the molecule is C[C-](C)C.C[N-]C.C[N-]C.[NH]=[W]. The van der Waals surface area contributed by atoms with E-state index in [1.165, 1.54) is 5.92 Å². The third kappa shape index (κ3) is 5530. The van der Waals surface area contributed by atoms with Gasteiger partial charge in [0.25, 0.3) is 0 Å². The van der Waals surface area contributed by atoms with Gasteiger partial charge in [0.1, 0.15) is 0 Å². The molecule has 0 aliphatic heterocycles. The molecule has 0 aromatic rings. The van der Waals surface area contributed by atoms with Crippen LogP contribution in [-0.2, 0) is 19.6 Å². The molecule has 0 heterocycles. The Kier molecular flexibility index (Phi) is 80.4. The zero-order chi connectivity index (χ0) is 11.0. The number of nitrogens with zero attached hydrogens (tertiary/aromatic N) is 2. The molecule has 0 fully saturated rings. The zero-order valence-electron chi connectivity index (χ0n) is 9.30. The van der Waals surface area contributed by atoms with Gasteiger partial charge in [0, 0.05) is 0 Å². The summed E-state index contributed by atoms with van der Waals surface area (Å²) in [5, 5.41) is 7.00. The summed E-state index contributed by atoms with van der Waals surface area (Å²) in [6.45, 7) is 6.25. The van der Waals surface area contributed by atoms with E-state index >= 15 is 0 Å². The Hall–Kier alpha value is 0.408. The summed E-state index contributed by atoms with van der Waals surface area (Å²) < 4.78 is 5.83. The van der Waals surface area contributed by atoms with Crippen LogP contribution in [0.5, 0.6) is 0 Å². The van der Waals surface area contributed by atoms with Crippen LogP contribution in [0.15, 0.2) is 0 Å². The molecule has 0 atom stereocenters. The predicted octanol–water partition coefficient (Wildman–Crippen LogP) is 3.16. The first-order valence-electron chi connectivity index (χ1n) is 3.49. The van der Waals surface area contributed by atoms with Crippen LogP contribution in [0, 0.1) is 9.83 Å². The van der Waals surface area contributed by atoms with E-state index in [2.05, 4.69) is 31.4 Å². The average molecular weight is 344 g/mol. The molecule has 0 unspecified atom stereocenters. The maximum atomic E-state index is 5.83. The molecule has 0 saturated carbocycles. The Morgan fingerprint density at radius 2 is 0.833 bits per heavy atom. The first kappa shape index (κ1) is 22.8. The molecule has 1 N–H and O–H groups in total. The Labute approximate surface area is 89.3 Å². The number of rotatable bonds is 0. The third-order valence-corrected chi connectivity index (χ3v) is 0. The van der Waals surface area contributed by atoms with Crippen molar-refractivity contribution in [3.63, 3.8) is 0 Å². The number of hydrogen-bond donors (Lipinski definition) is 1. The summed E-state index contributed by atoms with van der Waals surface area (Å²) in [6.07, 6.45) is 0. The van der Waals surface area contributed by atoms with Gasteiger partial charge >= 0.3 is 23.5 Å². The molecule has 0 bridgehead atoms. The molecule has 12 heavy (non-hydrogen) atoms. The quantitative estimate of drug-likeness (QED) is 0.657. The van der Waals surface area contributed by atoms with Gasteiger partial charge in [0.15, 0.2) is 0 Å². The van der Waals surface area contributed by atoms with Gasteiger partial charge in [0.2, 0.25) is 0 Å². The Balaban J connectivity index is -0.0000000368. The topological polar surface area (TPSA) is 52.1 Å². The zero-order valence-corrected chi connectivity index (χ0v) is 12.2. The van der Waals surface area contributed by atoms with E-state index in [4.69, 9.17) is 3.91 Å². The van der Waals surface area contributed by atoms with Crippen molar-refractivity contribution in [3.8, 4) is 0 Å². The molecule has 0 saturated heterocycles. The van der Waals surface area contributed by atoms with E-state index in [1.54, 1.807) is 28.2 Å². The summed E-state index contributed by atoms with van der Waals surface area (Å²) >= 11 is 0.833. The molecule has 0 spiro atoms. The van der Waals surface area contributed by atoms with Crippen molar-refractivity contribution in [2.75, 3.05) is 28.2 Å². The standard InChI is InChI=1S/C4H9.2C2H6N.HN.W/c1-4(2)3;2*1-3-2;;/h1-3H3;2*1-2H3;1H;/q3*-1;;. The fourth-order valence-corrected chi connectivity index (χ4v) is 0. The molecule has 0 aromatic carbocycles. The van der Waals surface area contributed by atoms with Gasteiger partial charge in [-0.25, -0.2) is 0 Å². The molecule has 0 rings (SSSR count). The van der Waals surface area contributed by atoms with E-state index in [1.807, 2.05) is 0 Å². The number of nitrogens with one attached hydrogen (secondary N) is 1. The second-order valence-corrected chi connectivity index (χ2v) is 2.39. The van der Waals surface area contributed by atoms with Gasteiger partial charge in [0.05, 0.1) is 0 Å². The summed E-state index contributed by atoms with van der Waals surface area (Å²) in [7, 11) is 7.00. The van der Waals surface area contributed by atoms with Crippen molar-refractivity contribution in [3.05, 3.63) is 16.6 Å². The molecule has 78 valence electrons. The first-order valence-corrected chi connectivity index (χ1v) is 4.96. The van der Waals surface area contributed by atoms with Gasteiger partial charge in [-0.05, 0) is 0 Å². The van der Waals surface area contributed by atoms with Crippen LogP contribution in [0.3, 0.4) is 0 Å². The van der Waals surface area contributed by atoms with Crippen LogP contribution >= 0.6 is 0 Å². The summed E-state index contributed by atoms with van der Waals surface area (Å²) in [5.41, 5.74) is 0. The Bertz CT molecular complexity index is 38.5. The van der Waals surface area contributed by atoms with E-state index in [9.17, 15) is 0 Å². The van der Waals surface area contributed by atoms with E-state index in [0.717, 1.165) is 19.6 Å². The summed E-state index contributed by atoms with van der Waals surface area (Å²) in [4.78, 5) is 0. The maximum absolute atomic E-state index is 5.83. The first-order chi connectivity index (χ1) is 5.56. The second-order valence-electron chi connectivity index (χ2n) is 2.39. The van der Waals surface area contributed by atoms with Crippen LogP contribution in [-0.4, -0.2) is 28.2 Å². The van der Waals surface area contributed by atoms with Crippen LogP contribution in [0.4, 0.5) is 0 Å². The van der Waals surface area contributed by atoms with Crippen LogP contribution in [0.1, 0.15) is 20.8 Å². The summed E-state index contributed by atoms with van der Waals surface area (Å²) in [6, 6.07) is 0. The average Bonchev–Trinajstić information content (AvgIpc) is 1.92. The van der Waals surface area contributed by atoms with E-state index in [0.29, 0.717) is 0 Å². The number of hydrogen-bond acceptors (Lipinski definition) is 1. The van der Waals surface area contributed by atoms with E-state index in [-0.39, 0.29) is 0 Å². The van der Waals surface area contributed by atoms with Gasteiger partial charge in [-0.1, -0.05) is 0 Å². The normalized spacial score (nSPS) is 6.33. The molecule has 0 amide bonds. The fourth-order valence-electron chi connectivity index (χ4n) is 0.